The Kier molecular flexibility index (Phi) is 3.73. The zero-order chi connectivity index (χ0) is 14.0. The highest BCUT2D eigenvalue weighted by Crippen LogP contribution is 2.22. The molecule has 0 saturated carbocycles. The maximum Gasteiger partial charge on any atom is 0.361 e. The van der Waals surface area contributed by atoms with Crippen LogP contribution < -0.4 is 11.4 Å². The summed E-state index contributed by atoms with van der Waals surface area (Å²) in [6, 6.07) is 5.54. The van der Waals surface area contributed by atoms with Gasteiger partial charge in [-0.2, -0.15) is 0 Å². The first-order chi connectivity index (χ1) is 8.99. The summed E-state index contributed by atoms with van der Waals surface area (Å²) in [7, 11) is 0. The van der Waals surface area contributed by atoms with E-state index in [1.165, 1.54) is 0 Å². The van der Waals surface area contributed by atoms with E-state index in [1.54, 1.807) is 24.3 Å². The maximum absolute atomic E-state index is 11.6. The average Bonchev–Trinajstić information content (AvgIpc) is 2.72. The fourth-order valence-electron chi connectivity index (χ4n) is 1.66. The molecule has 2 aromatic rings. The number of aromatic nitrogens is 1. The van der Waals surface area contributed by atoms with Crippen LogP contribution in [0.5, 0.6) is 0 Å². The zero-order valence-corrected chi connectivity index (χ0v) is 10.5. The molecule has 0 radical (unpaired) electrons. The lowest BCUT2D eigenvalue weighted by Crippen LogP contribution is -2.33. The summed E-state index contributed by atoms with van der Waals surface area (Å²) in [5, 5.41) is 11.8. The quantitative estimate of drug-likeness (QED) is 0.781. The smallest absolute Gasteiger partial charge is 0.361 e. The van der Waals surface area contributed by atoms with Crippen molar-refractivity contribution >= 4 is 17.6 Å². The van der Waals surface area contributed by atoms with Gasteiger partial charge < -0.3 is 15.4 Å². The molecule has 19 heavy (non-hydrogen) atoms. The van der Waals surface area contributed by atoms with Gasteiger partial charge in [0, 0.05) is 17.0 Å². The van der Waals surface area contributed by atoms with E-state index in [0.29, 0.717) is 16.3 Å². The molecule has 1 aromatic heterocycles. The van der Waals surface area contributed by atoms with Gasteiger partial charge in [0.15, 0.2) is 0 Å². The third-order valence-corrected chi connectivity index (χ3v) is 2.92. The number of H-pyrrole nitrogens is 1. The molecule has 0 aliphatic heterocycles. The van der Waals surface area contributed by atoms with Crippen molar-refractivity contribution in [3.63, 3.8) is 0 Å². The number of rotatable bonds is 4. The van der Waals surface area contributed by atoms with Crippen LogP contribution in [0, 0.1) is 0 Å². The zero-order valence-electron chi connectivity index (χ0n) is 9.72. The number of nitrogens with two attached hydrogens (primary N) is 1. The van der Waals surface area contributed by atoms with Crippen molar-refractivity contribution in [2.45, 2.75) is 12.5 Å². The van der Waals surface area contributed by atoms with Gasteiger partial charge in [-0.25, -0.2) is 9.95 Å². The molecule has 0 unspecified atom stereocenters. The molecule has 7 heteroatoms. The van der Waals surface area contributed by atoms with E-state index >= 15 is 0 Å². The van der Waals surface area contributed by atoms with E-state index in [-0.39, 0.29) is 12.0 Å². The Labute approximate surface area is 112 Å². The van der Waals surface area contributed by atoms with E-state index in [9.17, 15) is 9.59 Å². The molecule has 0 amide bonds. The number of aromatic amines is 1. The first-order valence-electron chi connectivity index (χ1n) is 5.43. The molecule has 0 saturated heterocycles. The number of hydrogen-bond donors (Lipinski definition) is 3. The van der Waals surface area contributed by atoms with Crippen LogP contribution in [0.1, 0.15) is 5.56 Å². The fraction of sp³-hybridized carbons (Fsp3) is 0.167. The van der Waals surface area contributed by atoms with E-state index < -0.39 is 17.6 Å². The van der Waals surface area contributed by atoms with Gasteiger partial charge in [-0.15, -0.1) is 0 Å². The predicted molar refractivity (Wildman–Crippen MR) is 69.1 cm³/mol. The molecule has 100 valence electrons. The molecule has 0 aliphatic carbocycles. The van der Waals surface area contributed by atoms with Crippen LogP contribution in [0.3, 0.4) is 0 Å². The van der Waals surface area contributed by atoms with Gasteiger partial charge in [0.05, 0.1) is 11.3 Å². The van der Waals surface area contributed by atoms with Gasteiger partial charge in [-0.1, -0.05) is 23.7 Å². The van der Waals surface area contributed by atoms with Crippen LogP contribution in [0.25, 0.3) is 11.3 Å². The standard InChI is InChI=1S/C12H11ClN2O4/c13-7-3-1-6(2-4-7)10-8(12(18)19-15-10)5-9(14)11(16)17/h1-4,9,15H,5,14H2,(H,16,17)/t9-/m0/s1. The van der Waals surface area contributed by atoms with Crippen LogP contribution in [-0.4, -0.2) is 22.3 Å². The molecule has 2 rings (SSSR count). The van der Waals surface area contributed by atoms with E-state index in [2.05, 4.69) is 5.16 Å². The van der Waals surface area contributed by atoms with Crippen LogP contribution in [0.2, 0.25) is 5.02 Å². The maximum atomic E-state index is 11.6. The molecule has 4 N–H and O–H groups in total. The van der Waals surface area contributed by atoms with Gasteiger partial charge in [0.2, 0.25) is 0 Å². The molecule has 1 atom stereocenters. The third kappa shape index (κ3) is 2.86. The number of hydrogen-bond acceptors (Lipinski definition) is 4. The monoisotopic (exact) mass is 282 g/mol. The predicted octanol–water partition coefficient (Wildman–Crippen LogP) is 1.24. The number of carboxylic acids is 1. The summed E-state index contributed by atoms with van der Waals surface area (Å²) in [6.45, 7) is 0. The highest BCUT2D eigenvalue weighted by Gasteiger charge is 2.20. The normalized spacial score (nSPS) is 12.3. The highest BCUT2D eigenvalue weighted by molar-refractivity contribution is 6.30. The van der Waals surface area contributed by atoms with Gasteiger partial charge in [-0.05, 0) is 12.1 Å². The summed E-state index contributed by atoms with van der Waals surface area (Å²) < 4.78 is 4.70. The lowest BCUT2D eigenvalue weighted by Gasteiger charge is -2.05. The average molecular weight is 283 g/mol. The lowest BCUT2D eigenvalue weighted by molar-refractivity contribution is -0.138. The molecular weight excluding hydrogens is 272 g/mol. The van der Waals surface area contributed by atoms with Crippen LogP contribution in [0.4, 0.5) is 0 Å². The topological polar surface area (TPSA) is 109 Å². The largest absolute Gasteiger partial charge is 0.480 e. The Morgan fingerprint density at radius 3 is 2.63 bits per heavy atom. The van der Waals surface area contributed by atoms with Gasteiger partial charge in [0.1, 0.15) is 6.04 Å². The van der Waals surface area contributed by atoms with E-state index in [4.69, 9.17) is 27.0 Å². The summed E-state index contributed by atoms with van der Waals surface area (Å²) >= 11 is 5.78. The Morgan fingerprint density at radius 2 is 2.05 bits per heavy atom. The van der Waals surface area contributed by atoms with Crippen molar-refractivity contribution in [2.75, 3.05) is 0 Å². The van der Waals surface area contributed by atoms with Crippen molar-refractivity contribution in [3.05, 3.63) is 45.3 Å². The molecule has 0 fully saturated rings. The number of aliphatic carboxylic acids is 1. The third-order valence-electron chi connectivity index (χ3n) is 2.67. The van der Waals surface area contributed by atoms with Gasteiger partial charge in [0.25, 0.3) is 0 Å². The Morgan fingerprint density at radius 1 is 1.42 bits per heavy atom. The first-order valence-corrected chi connectivity index (χ1v) is 5.81. The molecule has 1 heterocycles. The molecule has 0 bridgehead atoms. The number of carbonyl (C=O) groups is 1. The Balaban J connectivity index is 2.40. The Hall–Kier alpha value is -2.05. The molecule has 6 nitrogen and oxygen atoms in total. The Bertz CT molecular complexity index is 644. The van der Waals surface area contributed by atoms with Crippen molar-refractivity contribution < 1.29 is 14.4 Å². The van der Waals surface area contributed by atoms with Gasteiger partial charge >= 0.3 is 11.6 Å². The van der Waals surface area contributed by atoms with Gasteiger partial charge in [-0.3, -0.25) is 4.79 Å². The number of halogens is 1. The van der Waals surface area contributed by atoms with Crippen LogP contribution in [-0.2, 0) is 11.2 Å². The highest BCUT2D eigenvalue weighted by atomic mass is 35.5. The van der Waals surface area contributed by atoms with Crippen molar-refractivity contribution in [2.24, 2.45) is 5.73 Å². The van der Waals surface area contributed by atoms with Crippen LogP contribution in [0.15, 0.2) is 33.6 Å². The minimum absolute atomic E-state index is 0.112. The summed E-state index contributed by atoms with van der Waals surface area (Å²) in [6.07, 6.45) is -0.112. The second-order valence-corrected chi connectivity index (χ2v) is 4.44. The lowest BCUT2D eigenvalue weighted by atomic mass is 10.0. The van der Waals surface area contributed by atoms with Crippen molar-refractivity contribution in [3.8, 4) is 11.3 Å². The second kappa shape index (κ2) is 5.29. The van der Waals surface area contributed by atoms with Crippen LogP contribution >= 0.6 is 11.6 Å². The molecule has 0 spiro atoms. The van der Waals surface area contributed by atoms with E-state index in [0.717, 1.165) is 0 Å². The summed E-state index contributed by atoms with van der Waals surface area (Å²) in [5.74, 6) is -1.18. The second-order valence-electron chi connectivity index (χ2n) is 4.00. The molecule has 0 aliphatic rings. The molecular formula is C12H11ClN2O4. The fourth-order valence-corrected chi connectivity index (χ4v) is 1.79. The van der Waals surface area contributed by atoms with Crippen molar-refractivity contribution in [1.29, 1.82) is 0 Å². The summed E-state index contributed by atoms with van der Waals surface area (Å²) in [5.41, 5.74) is 6.10. The minimum atomic E-state index is -1.18. The molecule has 1 aromatic carbocycles. The SMILES string of the molecule is N[C@@H](Cc1c(-c2ccc(Cl)cc2)[nH]oc1=O)C(=O)O. The number of benzene rings is 1. The van der Waals surface area contributed by atoms with Crippen molar-refractivity contribution in [1.82, 2.24) is 5.16 Å². The number of nitrogens with one attached hydrogen (secondary N) is 1. The minimum Gasteiger partial charge on any atom is -0.480 e. The number of carboxylic acid groups (broad SMARTS) is 1. The summed E-state index contributed by atoms with van der Waals surface area (Å²) in [4.78, 5) is 22.3. The van der Waals surface area contributed by atoms with E-state index in [1.807, 2.05) is 0 Å². The first kappa shape index (κ1) is 13.4.